The zero-order valence-electron chi connectivity index (χ0n) is 11.8. The molecular weight excluding hydrogens is 248 g/mol. The zero-order valence-corrected chi connectivity index (χ0v) is 11.8. The van der Waals surface area contributed by atoms with E-state index in [1.807, 2.05) is 23.8 Å². The maximum Gasteiger partial charge on any atom is 0.290 e. The lowest BCUT2D eigenvalue weighted by atomic mass is 9.77. The van der Waals surface area contributed by atoms with Crippen LogP contribution in [0.15, 0.2) is 54.6 Å². The van der Waals surface area contributed by atoms with Crippen molar-refractivity contribution in [1.29, 1.82) is 0 Å². The van der Waals surface area contributed by atoms with Crippen LogP contribution in [0, 0.1) is 0 Å². The summed E-state index contributed by atoms with van der Waals surface area (Å²) in [6.45, 7) is 2.17. The molecule has 0 saturated heterocycles. The van der Waals surface area contributed by atoms with E-state index in [1.165, 1.54) is 11.1 Å². The normalized spacial score (nSPS) is 20.9. The molecule has 2 aromatic rings. The summed E-state index contributed by atoms with van der Waals surface area (Å²) in [6, 6.07) is 18.7. The topological polar surface area (TPSA) is 35.3 Å². The molecule has 0 saturated carbocycles. The maximum absolute atomic E-state index is 9.59. The van der Waals surface area contributed by atoms with Gasteiger partial charge in [0.15, 0.2) is 0 Å². The molecule has 3 nitrogen and oxygen atoms in total. The quantitative estimate of drug-likeness (QED) is 0.648. The predicted octanol–water partition coefficient (Wildman–Crippen LogP) is 2.85. The molecule has 0 radical (unpaired) electrons. The van der Waals surface area contributed by atoms with Crippen LogP contribution in [0.5, 0.6) is 0 Å². The number of para-hydroxylation sites is 1. The molecule has 102 valence electrons. The number of fused-ring (bicyclic) bond motifs is 1. The summed E-state index contributed by atoms with van der Waals surface area (Å²) >= 11 is 0. The van der Waals surface area contributed by atoms with Crippen LogP contribution in [0.4, 0.5) is 5.69 Å². The fourth-order valence-electron chi connectivity index (χ4n) is 3.23. The molecule has 1 heterocycles. The number of rotatable bonds is 2. The Morgan fingerprint density at radius 1 is 1.05 bits per heavy atom. The number of nitrogens with one attached hydrogen (secondary N) is 1. The molecule has 0 fully saturated rings. The van der Waals surface area contributed by atoms with Gasteiger partial charge in [0.05, 0.1) is 7.05 Å². The molecule has 0 amide bonds. The highest BCUT2D eigenvalue weighted by Crippen LogP contribution is 2.40. The molecule has 3 heteroatoms. The molecule has 1 aliphatic rings. The molecule has 1 atom stereocenters. The van der Waals surface area contributed by atoms with Crippen molar-refractivity contribution in [2.75, 3.05) is 7.05 Å². The van der Waals surface area contributed by atoms with E-state index in [0.29, 0.717) is 0 Å². The fourth-order valence-corrected chi connectivity index (χ4v) is 3.23. The SMILES string of the molecule is C[N+]1=C(NO)C(C)(Cc2ccccc2)c2ccccc21. The number of hydrogen-bond donors (Lipinski definition) is 2. The third-order valence-electron chi connectivity index (χ3n) is 4.22. The van der Waals surface area contributed by atoms with Gasteiger partial charge in [-0.1, -0.05) is 48.5 Å². The molecule has 0 bridgehead atoms. The lowest BCUT2D eigenvalue weighted by molar-refractivity contribution is -0.407. The van der Waals surface area contributed by atoms with Gasteiger partial charge in [-0.15, -0.1) is 5.48 Å². The maximum atomic E-state index is 9.59. The van der Waals surface area contributed by atoms with Gasteiger partial charge in [-0.2, -0.15) is 0 Å². The van der Waals surface area contributed by atoms with Crippen molar-refractivity contribution in [3.05, 3.63) is 65.7 Å². The van der Waals surface area contributed by atoms with Crippen molar-refractivity contribution in [2.45, 2.75) is 18.8 Å². The Morgan fingerprint density at radius 2 is 1.70 bits per heavy atom. The fraction of sp³-hybridized carbons (Fsp3) is 0.235. The summed E-state index contributed by atoms with van der Waals surface area (Å²) in [5.41, 5.74) is 5.80. The van der Waals surface area contributed by atoms with Crippen molar-refractivity contribution >= 4 is 11.5 Å². The Balaban J connectivity index is 2.11. The first kappa shape index (κ1) is 12.9. The number of hydroxylamine groups is 1. The van der Waals surface area contributed by atoms with Crippen molar-refractivity contribution < 1.29 is 9.78 Å². The molecule has 0 spiro atoms. The van der Waals surface area contributed by atoms with Gasteiger partial charge in [-0.05, 0) is 25.0 Å². The molecule has 3 rings (SSSR count). The summed E-state index contributed by atoms with van der Waals surface area (Å²) in [4.78, 5) is 0. The highest BCUT2D eigenvalue weighted by Gasteiger charge is 2.47. The Kier molecular flexibility index (Phi) is 3.07. The molecule has 20 heavy (non-hydrogen) atoms. The number of amidine groups is 1. The lowest BCUT2D eigenvalue weighted by Gasteiger charge is -2.22. The Labute approximate surface area is 119 Å². The second-order valence-corrected chi connectivity index (χ2v) is 5.53. The van der Waals surface area contributed by atoms with E-state index < -0.39 is 0 Å². The largest absolute Gasteiger partial charge is 0.290 e. The first-order valence-electron chi connectivity index (χ1n) is 6.81. The van der Waals surface area contributed by atoms with Gasteiger partial charge in [-0.3, -0.25) is 0 Å². The number of hydrogen-bond acceptors (Lipinski definition) is 2. The minimum atomic E-state index is -0.249. The van der Waals surface area contributed by atoms with E-state index in [2.05, 4.69) is 54.9 Å². The average Bonchev–Trinajstić information content (AvgIpc) is 2.69. The van der Waals surface area contributed by atoms with Crippen LogP contribution in [0.25, 0.3) is 0 Å². The van der Waals surface area contributed by atoms with Gasteiger partial charge < -0.3 is 0 Å². The van der Waals surface area contributed by atoms with Crippen LogP contribution >= 0.6 is 0 Å². The van der Waals surface area contributed by atoms with Gasteiger partial charge in [0, 0.05) is 5.56 Å². The number of benzene rings is 2. The minimum Gasteiger partial charge on any atom is -0.231 e. The molecule has 0 aliphatic carbocycles. The van der Waals surface area contributed by atoms with Gasteiger partial charge in [0.2, 0.25) is 0 Å². The van der Waals surface area contributed by atoms with Gasteiger partial charge in [0.25, 0.3) is 5.84 Å². The molecule has 1 aliphatic heterocycles. The molecule has 2 aromatic carbocycles. The highest BCUT2D eigenvalue weighted by atomic mass is 16.5. The molecule has 2 N–H and O–H groups in total. The lowest BCUT2D eigenvalue weighted by Crippen LogP contribution is -2.42. The van der Waals surface area contributed by atoms with Crippen molar-refractivity contribution in [1.82, 2.24) is 5.48 Å². The Bertz CT molecular complexity index is 664. The first-order chi connectivity index (χ1) is 9.66. The molecule has 0 aromatic heterocycles. The smallest absolute Gasteiger partial charge is 0.231 e. The van der Waals surface area contributed by atoms with Crippen molar-refractivity contribution in [3.8, 4) is 0 Å². The molecular formula is C17H19N2O+. The van der Waals surface area contributed by atoms with E-state index in [-0.39, 0.29) is 5.41 Å². The van der Waals surface area contributed by atoms with E-state index >= 15 is 0 Å². The van der Waals surface area contributed by atoms with E-state index in [1.54, 1.807) is 0 Å². The Morgan fingerprint density at radius 3 is 2.40 bits per heavy atom. The third-order valence-corrected chi connectivity index (χ3v) is 4.22. The highest BCUT2D eigenvalue weighted by molar-refractivity contribution is 5.93. The molecule has 1 unspecified atom stereocenters. The van der Waals surface area contributed by atoms with Crippen LogP contribution in [0.2, 0.25) is 0 Å². The zero-order chi connectivity index (χ0) is 14.2. The van der Waals surface area contributed by atoms with Crippen LogP contribution in [-0.2, 0) is 11.8 Å². The second kappa shape index (κ2) is 4.76. The van der Waals surface area contributed by atoms with Crippen LogP contribution in [0.3, 0.4) is 0 Å². The van der Waals surface area contributed by atoms with Crippen molar-refractivity contribution in [3.63, 3.8) is 0 Å². The summed E-state index contributed by atoms with van der Waals surface area (Å²) in [7, 11) is 1.98. The Hall–Kier alpha value is -2.13. The summed E-state index contributed by atoms with van der Waals surface area (Å²) < 4.78 is 2.03. The third kappa shape index (κ3) is 1.82. The van der Waals surface area contributed by atoms with E-state index in [9.17, 15) is 5.21 Å². The van der Waals surface area contributed by atoms with E-state index in [0.717, 1.165) is 17.9 Å². The standard InChI is InChI=1S/C17H18N2O/c1-17(12-13-8-4-3-5-9-13)14-10-6-7-11-15(14)19(2)16(17)18-20/h3-11,20H,12H2,1-2H3/p+1. The van der Waals surface area contributed by atoms with Gasteiger partial charge >= 0.3 is 0 Å². The minimum absolute atomic E-state index is 0.249. The van der Waals surface area contributed by atoms with E-state index in [4.69, 9.17) is 0 Å². The number of nitrogens with zero attached hydrogens (tertiary/aromatic N) is 1. The van der Waals surface area contributed by atoms with Crippen LogP contribution < -0.4 is 5.48 Å². The van der Waals surface area contributed by atoms with Crippen LogP contribution in [0.1, 0.15) is 18.1 Å². The second-order valence-electron chi connectivity index (χ2n) is 5.53. The average molecular weight is 267 g/mol. The summed E-state index contributed by atoms with van der Waals surface area (Å²) in [6.07, 6.45) is 0.845. The van der Waals surface area contributed by atoms with Crippen molar-refractivity contribution in [2.24, 2.45) is 0 Å². The summed E-state index contributed by atoms with van der Waals surface area (Å²) in [5, 5.41) is 9.59. The predicted molar refractivity (Wildman–Crippen MR) is 79.7 cm³/mol. The van der Waals surface area contributed by atoms with Gasteiger partial charge in [0.1, 0.15) is 11.1 Å². The summed E-state index contributed by atoms with van der Waals surface area (Å²) in [5.74, 6) is 0.822. The monoisotopic (exact) mass is 267 g/mol. The van der Waals surface area contributed by atoms with Gasteiger partial charge in [-0.25, -0.2) is 9.78 Å². The van der Waals surface area contributed by atoms with Crippen LogP contribution in [-0.4, -0.2) is 22.7 Å². The first-order valence-corrected chi connectivity index (χ1v) is 6.81.